The molecule has 0 radical (unpaired) electrons. The van der Waals surface area contributed by atoms with E-state index in [1.807, 2.05) is 30.3 Å². The van der Waals surface area contributed by atoms with Crippen LogP contribution in [0.2, 0.25) is 0 Å². The summed E-state index contributed by atoms with van der Waals surface area (Å²) in [7, 11) is 0. The Morgan fingerprint density at radius 2 is 2.00 bits per heavy atom. The maximum atomic E-state index is 8.74. The number of hydrogen-bond acceptors (Lipinski definition) is 3. The molecule has 3 nitrogen and oxygen atoms in total. The molecule has 0 unspecified atom stereocenters. The Kier molecular flexibility index (Phi) is 3.18. The van der Waals surface area contributed by atoms with Gasteiger partial charge in [0.15, 0.2) is 0 Å². The molecule has 2 rings (SSSR count). The Morgan fingerprint density at radius 3 is 2.67 bits per heavy atom. The molecule has 0 spiro atoms. The molecule has 0 saturated heterocycles. The highest BCUT2D eigenvalue weighted by molar-refractivity contribution is 9.10. The van der Waals surface area contributed by atoms with E-state index < -0.39 is 0 Å². The highest BCUT2D eigenvalue weighted by atomic mass is 79.9. The lowest BCUT2D eigenvalue weighted by atomic mass is 10.1. The average Bonchev–Trinajstić information content (AvgIpc) is 2.68. The Hall–Kier alpha value is -1.13. The van der Waals surface area contributed by atoms with Crippen LogP contribution in [0.4, 0.5) is 0 Å². The molecule has 15 heavy (non-hydrogen) atoms. The lowest BCUT2D eigenvalue weighted by Gasteiger charge is -1.94. The highest BCUT2D eigenvalue weighted by Gasteiger charge is 2.05. The second kappa shape index (κ2) is 4.59. The number of aliphatic hydroxyl groups is 1. The normalized spacial score (nSPS) is 10.5. The molecule has 0 bridgehead atoms. The van der Waals surface area contributed by atoms with Crippen molar-refractivity contribution < 1.29 is 9.63 Å². The van der Waals surface area contributed by atoms with Gasteiger partial charge in [-0.2, -0.15) is 0 Å². The second-order valence-electron chi connectivity index (χ2n) is 3.16. The van der Waals surface area contributed by atoms with Crippen LogP contribution in [-0.4, -0.2) is 16.9 Å². The average molecular weight is 268 g/mol. The minimum Gasteiger partial charge on any atom is -0.396 e. The largest absolute Gasteiger partial charge is 0.396 e. The fraction of sp³-hybridized carbons (Fsp3) is 0.182. The van der Waals surface area contributed by atoms with Gasteiger partial charge in [0.1, 0.15) is 11.5 Å². The van der Waals surface area contributed by atoms with Crippen molar-refractivity contribution in [2.75, 3.05) is 6.61 Å². The van der Waals surface area contributed by atoms with Crippen LogP contribution in [0, 0.1) is 0 Å². The minimum atomic E-state index is 0.0783. The molecule has 4 heteroatoms. The van der Waals surface area contributed by atoms with Crippen molar-refractivity contribution in [3.8, 4) is 11.3 Å². The van der Waals surface area contributed by atoms with Crippen LogP contribution >= 0.6 is 15.9 Å². The minimum absolute atomic E-state index is 0.0783. The van der Waals surface area contributed by atoms with Crippen molar-refractivity contribution in [3.05, 3.63) is 40.6 Å². The Balaban J connectivity index is 2.25. The number of halogens is 1. The van der Waals surface area contributed by atoms with Crippen molar-refractivity contribution in [2.24, 2.45) is 0 Å². The summed E-state index contributed by atoms with van der Waals surface area (Å²) in [4.78, 5) is 0. The van der Waals surface area contributed by atoms with Gasteiger partial charge in [-0.1, -0.05) is 33.2 Å². The SMILES string of the molecule is OCCc1cc(-c2ccc(Br)cc2)no1. The predicted molar refractivity (Wildman–Crippen MR) is 60.4 cm³/mol. The fourth-order valence-corrected chi connectivity index (χ4v) is 1.56. The Morgan fingerprint density at radius 1 is 1.27 bits per heavy atom. The van der Waals surface area contributed by atoms with Crippen LogP contribution in [-0.2, 0) is 6.42 Å². The molecule has 1 aromatic carbocycles. The number of aliphatic hydroxyl groups excluding tert-OH is 1. The highest BCUT2D eigenvalue weighted by Crippen LogP contribution is 2.21. The topological polar surface area (TPSA) is 46.3 Å². The van der Waals surface area contributed by atoms with E-state index in [0.717, 1.165) is 15.7 Å². The number of nitrogens with zero attached hydrogens (tertiary/aromatic N) is 1. The third-order valence-electron chi connectivity index (χ3n) is 2.06. The summed E-state index contributed by atoms with van der Waals surface area (Å²) < 4.78 is 6.10. The first kappa shape index (κ1) is 10.4. The van der Waals surface area contributed by atoms with E-state index in [1.54, 1.807) is 0 Å². The summed E-state index contributed by atoms with van der Waals surface area (Å²) in [5.74, 6) is 0.704. The van der Waals surface area contributed by atoms with Gasteiger partial charge in [0.25, 0.3) is 0 Å². The molecule has 0 fully saturated rings. The predicted octanol–water partition coefficient (Wildman–Crippen LogP) is 2.64. The maximum absolute atomic E-state index is 8.74. The first-order valence-corrected chi connectivity index (χ1v) is 5.41. The molecule has 1 N–H and O–H groups in total. The van der Waals surface area contributed by atoms with Crippen molar-refractivity contribution in [2.45, 2.75) is 6.42 Å². The molecule has 0 saturated carbocycles. The molecule has 0 amide bonds. The molecule has 78 valence electrons. The van der Waals surface area contributed by atoms with Gasteiger partial charge >= 0.3 is 0 Å². The third-order valence-corrected chi connectivity index (χ3v) is 2.59. The van der Waals surface area contributed by atoms with Crippen LogP contribution in [0.15, 0.2) is 39.3 Å². The summed E-state index contributed by atoms with van der Waals surface area (Å²) in [5, 5.41) is 12.7. The van der Waals surface area contributed by atoms with Gasteiger partial charge in [-0.25, -0.2) is 0 Å². The zero-order valence-electron chi connectivity index (χ0n) is 7.98. The van der Waals surface area contributed by atoms with E-state index in [0.29, 0.717) is 12.2 Å². The zero-order chi connectivity index (χ0) is 10.7. The van der Waals surface area contributed by atoms with E-state index in [1.165, 1.54) is 0 Å². The first-order chi connectivity index (χ1) is 7.29. The van der Waals surface area contributed by atoms with Crippen molar-refractivity contribution >= 4 is 15.9 Å². The van der Waals surface area contributed by atoms with Gasteiger partial charge in [-0.05, 0) is 12.1 Å². The molecule has 0 aliphatic carbocycles. The monoisotopic (exact) mass is 267 g/mol. The first-order valence-electron chi connectivity index (χ1n) is 4.62. The number of hydrogen-bond donors (Lipinski definition) is 1. The summed E-state index contributed by atoms with van der Waals surface area (Å²) in [5.41, 5.74) is 1.80. The van der Waals surface area contributed by atoms with Crippen molar-refractivity contribution in [1.82, 2.24) is 5.16 Å². The smallest absolute Gasteiger partial charge is 0.139 e. The summed E-state index contributed by atoms with van der Waals surface area (Å²) in [6.07, 6.45) is 0.504. The van der Waals surface area contributed by atoms with Crippen LogP contribution < -0.4 is 0 Å². The molecule has 0 atom stereocenters. The van der Waals surface area contributed by atoms with Crippen LogP contribution in [0.5, 0.6) is 0 Å². The zero-order valence-corrected chi connectivity index (χ0v) is 9.57. The van der Waals surface area contributed by atoms with Gasteiger partial charge in [-0.15, -0.1) is 0 Å². The van der Waals surface area contributed by atoms with Crippen LogP contribution in [0.1, 0.15) is 5.76 Å². The lowest BCUT2D eigenvalue weighted by molar-refractivity contribution is 0.277. The van der Waals surface area contributed by atoms with Crippen LogP contribution in [0.25, 0.3) is 11.3 Å². The standard InChI is InChI=1S/C11H10BrNO2/c12-9-3-1-8(2-4-9)11-7-10(5-6-14)15-13-11/h1-4,7,14H,5-6H2. The van der Waals surface area contributed by atoms with Gasteiger partial charge in [-0.3, -0.25) is 0 Å². The van der Waals surface area contributed by atoms with E-state index in [2.05, 4.69) is 21.1 Å². The third kappa shape index (κ3) is 2.46. The number of rotatable bonds is 3. The van der Waals surface area contributed by atoms with Crippen molar-refractivity contribution in [3.63, 3.8) is 0 Å². The van der Waals surface area contributed by atoms with E-state index in [-0.39, 0.29) is 6.61 Å². The second-order valence-corrected chi connectivity index (χ2v) is 4.07. The summed E-state index contributed by atoms with van der Waals surface area (Å²) in [6, 6.07) is 9.68. The molecule has 1 aromatic heterocycles. The van der Waals surface area contributed by atoms with E-state index >= 15 is 0 Å². The fourth-order valence-electron chi connectivity index (χ4n) is 1.30. The lowest BCUT2D eigenvalue weighted by Crippen LogP contribution is -1.86. The van der Waals surface area contributed by atoms with Crippen LogP contribution in [0.3, 0.4) is 0 Å². The Labute approximate surface area is 95.8 Å². The number of benzene rings is 1. The molecule has 0 aliphatic rings. The maximum Gasteiger partial charge on any atom is 0.139 e. The van der Waals surface area contributed by atoms with Gasteiger partial charge in [0, 0.05) is 22.5 Å². The number of aromatic nitrogens is 1. The summed E-state index contributed by atoms with van der Waals surface area (Å²) >= 11 is 3.37. The molecular formula is C11H10BrNO2. The van der Waals surface area contributed by atoms with Gasteiger partial charge < -0.3 is 9.63 Å². The quantitative estimate of drug-likeness (QED) is 0.930. The molecule has 1 heterocycles. The molecule has 0 aliphatic heterocycles. The summed E-state index contributed by atoms with van der Waals surface area (Å²) in [6.45, 7) is 0.0783. The van der Waals surface area contributed by atoms with Crippen molar-refractivity contribution in [1.29, 1.82) is 0 Å². The molecular weight excluding hydrogens is 258 g/mol. The molecule has 2 aromatic rings. The van der Waals surface area contributed by atoms with Gasteiger partial charge in [0.2, 0.25) is 0 Å². The van der Waals surface area contributed by atoms with E-state index in [4.69, 9.17) is 9.63 Å². The Bertz CT molecular complexity index is 436. The van der Waals surface area contributed by atoms with E-state index in [9.17, 15) is 0 Å². The van der Waals surface area contributed by atoms with Gasteiger partial charge in [0.05, 0.1) is 6.61 Å².